The van der Waals surface area contributed by atoms with Crippen molar-refractivity contribution in [1.82, 2.24) is 5.32 Å². The summed E-state index contributed by atoms with van der Waals surface area (Å²) in [5.41, 5.74) is 0.321. The maximum absolute atomic E-state index is 11.3. The van der Waals surface area contributed by atoms with Gasteiger partial charge in [-0.05, 0) is 19.1 Å². The molecule has 0 radical (unpaired) electrons. The van der Waals surface area contributed by atoms with Crippen LogP contribution in [0.25, 0.3) is 0 Å². The lowest BCUT2D eigenvalue weighted by molar-refractivity contribution is -0.138. The molecular formula is C13H15NO4. The average molecular weight is 249 g/mol. The molecule has 1 rings (SSSR count). The van der Waals surface area contributed by atoms with E-state index >= 15 is 0 Å². The van der Waals surface area contributed by atoms with Crippen molar-refractivity contribution in [2.75, 3.05) is 13.2 Å². The highest BCUT2D eigenvalue weighted by Crippen LogP contribution is 2.07. The van der Waals surface area contributed by atoms with Crippen LogP contribution < -0.4 is 10.1 Å². The van der Waals surface area contributed by atoms with Gasteiger partial charge in [-0.3, -0.25) is 0 Å². The zero-order valence-electron chi connectivity index (χ0n) is 10.1. The van der Waals surface area contributed by atoms with Gasteiger partial charge in [-0.15, -0.1) is 0 Å². The quantitative estimate of drug-likeness (QED) is 0.491. The van der Waals surface area contributed by atoms with E-state index in [1.165, 1.54) is 0 Å². The number of benzene rings is 1. The van der Waals surface area contributed by atoms with Crippen molar-refractivity contribution in [2.45, 2.75) is 6.92 Å². The van der Waals surface area contributed by atoms with Crippen LogP contribution in [0.15, 0.2) is 42.5 Å². The highest BCUT2D eigenvalue weighted by atomic mass is 16.6. The molecule has 18 heavy (non-hydrogen) atoms. The zero-order chi connectivity index (χ0) is 13.4. The summed E-state index contributed by atoms with van der Waals surface area (Å²) in [6.45, 7) is 5.26. The van der Waals surface area contributed by atoms with E-state index in [0.717, 1.165) is 0 Å². The van der Waals surface area contributed by atoms with Crippen LogP contribution >= 0.6 is 0 Å². The summed E-state index contributed by atoms with van der Waals surface area (Å²) in [6, 6.07) is 8.68. The zero-order valence-corrected chi connectivity index (χ0v) is 10.1. The molecule has 96 valence electrons. The first-order valence-corrected chi connectivity index (χ1v) is 5.43. The van der Waals surface area contributed by atoms with Crippen molar-refractivity contribution in [3.8, 4) is 5.75 Å². The van der Waals surface area contributed by atoms with Gasteiger partial charge in [0.15, 0.2) is 0 Å². The second kappa shape index (κ2) is 7.11. The first-order chi connectivity index (χ1) is 8.59. The molecule has 1 N–H and O–H groups in total. The minimum absolute atomic E-state index is 0.0790. The third-order valence-electron chi connectivity index (χ3n) is 1.91. The SMILES string of the molecule is C=C(C)C(=O)OCCNC(=O)Oc1ccccc1. The average Bonchev–Trinajstić information content (AvgIpc) is 2.35. The number of para-hydroxylation sites is 1. The van der Waals surface area contributed by atoms with Gasteiger partial charge in [0.25, 0.3) is 0 Å². The van der Waals surface area contributed by atoms with E-state index in [2.05, 4.69) is 11.9 Å². The number of amides is 1. The molecule has 1 aromatic rings. The summed E-state index contributed by atoms with van der Waals surface area (Å²) in [5.74, 6) is -0.0258. The number of hydrogen-bond donors (Lipinski definition) is 1. The number of nitrogens with one attached hydrogen (secondary N) is 1. The van der Waals surface area contributed by atoms with Crippen molar-refractivity contribution in [3.05, 3.63) is 42.5 Å². The third-order valence-corrected chi connectivity index (χ3v) is 1.91. The molecule has 0 saturated carbocycles. The van der Waals surface area contributed by atoms with Gasteiger partial charge >= 0.3 is 12.1 Å². The maximum atomic E-state index is 11.3. The Balaban J connectivity index is 2.18. The number of esters is 1. The van der Waals surface area contributed by atoms with Crippen molar-refractivity contribution in [1.29, 1.82) is 0 Å². The number of ether oxygens (including phenoxy) is 2. The Kier molecular flexibility index (Phi) is 5.44. The Morgan fingerprint density at radius 3 is 2.56 bits per heavy atom. The van der Waals surface area contributed by atoms with Gasteiger partial charge in [-0.1, -0.05) is 24.8 Å². The molecule has 5 nitrogen and oxygen atoms in total. The van der Waals surface area contributed by atoms with Gasteiger partial charge in [0, 0.05) is 5.57 Å². The smallest absolute Gasteiger partial charge is 0.412 e. The molecule has 0 aliphatic rings. The topological polar surface area (TPSA) is 64.6 Å². The minimum Gasteiger partial charge on any atom is -0.460 e. The Morgan fingerprint density at radius 2 is 1.94 bits per heavy atom. The molecule has 0 aliphatic carbocycles. The summed E-state index contributed by atoms with van der Waals surface area (Å²) in [7, 11) is 0. The fourth-order valence-electron chi connectivity index (χ4n) is 1.05. The van der Waals surface area contributed by atoms with Crippen molar-refractivity contribution in [2.24, 2.45) is 0 Å². The molecule has 1 amide bonds. The van der Waals surface area contributed by atoms with E-state index < -0.39 is 12.1 Å². The van der Waals surface area contributed by atoms with Crippen LogP contribution in [0.4, 0.5) is 4.79 Å². The first-order valence-electron chi connectivity index (χ1n) is 5.43. The monoisotopic (exact) mass is 249 g/mol. The highest BCUT2D eigenvalue weighted by Gasteiger charge is 2.05. The molecule has 5 heteroatoms. The summed E-state index contributed by atoms with van der Waals surface area (Å²) >= 11 is 0. The molecule has 0 aliphatic heterocycles. The van der Waals surface area contributed by atoms with Gasteiger partial charge in [0.2, 0.25) is 0 Å². The summed E-state index contributed by atoms with van der Waals surface area (Å²) in [5, 5.41) is 2.46. The third kappa shape index (κ3) is 5.16. The largest absolute Gasteiger partial charge is 0.460 e. The lowest BCUT2D eigenvalue weighted by Gasteiger charge is -2.07. The summed E-state index contributed by atoms with van der Waals surface area (Å²) in [4.78, 5) is 22.3. The first kappa shape index (κ1) is 13.8. The highest BCUT2D eigenvalue weighted by molar-refractivity contribution is 5.86. The Morgan fingerprint density at radius 1 is 1.28 bits per heavy atom. The minimum atomic E-state index is -0.590. The predicted molar refractivity (Wildman–Crippen MR) is 66.2 cm³/mol. The van der Waals surface area contributed by atoms with Crippen LogP contribution in [0, 0.1) is 0 Å². The van der Waals surface area contributed by atoms with Gasteiger partial charge in [-0.2, -0.15) is 0 Å². The van der Waals surface area contributed by atoms with Gasteiger partial charge in [0.05, 0.1) is 6.54 Å². The Labute approximate surface area is 105 Å². The van der Waals surface area contributed by atoms with E-state index in [1.54, 1.807) is 31.2 Å². The number of carbonyl (C=O) groups excluding carboxylic acids is 2. The normalized spacial score (nSPS) is 9.39. The van der Waals surface area contributed by atoms with Crippen molar-refractivity contribution in [3.63, 3.8) is 0 Å². The van der Waals surface area contributed by atoms with Crippen LogP contribution in [0.2, 0.25) is 0 Å². The fraction of sp³-hybridized carbons (Fsp3) is 0.231. The molecule has 0 saturated heterocycles. The second-order valence-corrected chi connectivity index (χ2v) is 3.55. The van der Waals surface area contributed by atoms with Gasteiger partial charge < -0.3 is 14.8 Å². The van der Waals surface area contributed by atoms with Crippen molar-refractivity contribution >= 4 is 12.1 Å². The molecule has 0 atom stereocenters. The lowest BCUT2D eigenvalue weighted by atomic mass is 10.3. The van der Waals surface area contributed by atoms with Crippen molar-refractivity contribution < 1.29 is 19.1 Å². The fourth-order valence-corrected chi connectivity index (χ4v) is 1.05. The van der Waals surface area contributed by atoms with Crippen LogP contribution in [0.1, 0.15) is 6.92 Å². The molecule has 0 aromatic heterocycles. The molecule has 1 aromatic carbocycles. The van der Waals surface area contributed by atoms with E-state index in [-0.39, 0.29) is 13.2 Å². The van der Waals surface area contributed by atoms with E-state index in [9.17, 15) is 9.59 Å². The summed E-state index contributed by atoms with van der Waals surface area (Å²) < 4.78 is 9.76. The van der Waals surface area contributed by atoms with Crippen LogP contribution in [0.3, 0.4) is 0 Å². The second-order valence-electron chi connectivity index (χ2n) is 3.55. The number of carbonyl (C=O) groups is 2. The van der Waals surface area contributed by atoms with E-state index in [0.29, 0.717) is 11.3 Å². The molecule has 0 unspecified atom stereocenters. The molecular weight excluding hydrogens is 234 g/mol. The van der Waals surface area contributed by atoms with Gasteiger partial charge in [0.1, 0.15) is 12.4 Å². The van der Waals surface area contributed by atoms with E-state index in [1.807, 2.05) is 6.07 Å². The van der Waals surface area contributed by atoms with Crippen LogP contribution in [0.5, 0.6) is 5.75 Å². The predicted octanol–water partition coefficient (Wildman–Crippen LogP) is 1.89. The van der Waals surface area contributed by atoms with Gasteiger partial charge in [-0.25, -0.2) is 9.59 Å². The molecule has 0 fully saturated rings. The standard InChI is InChI=1S/C13H15NO4/c1-10(2)12(15)17-9-8-14-13(16)18-11-6-4-3-5-7-11/h3-7H,1,8-9H2,2H3,(H,14,16). The summed E-state index contributed by atoms with van der Waals surface area (Å²) in [6.07, 6.45) is -0.590. The molecule has 0 bridgehead atoms. The lowest BCUT2D eigenvalue weighted by Crippen LogP contribution is -2.30. The number of hydrogen-bond acceptors (Lipinski definition) is 4. The molecule has 0 spiro atoms. The van der Waals surface area contributed by atoms with E-state index in [4.69, 9.17) is 9.47 Å². The number of rotatable bonds is 5. The Bertz CT molecular complexity index is 428. The maximum Gasteiger partial charge on any atom is 0.412 e. The van der Waals surface area contributed by atoms with Crippen LogP contribution in [-0.2, 0) is 9.53 Å². The van der Waals surface area contributed by atoms with Crippen LogP contribution in [-0.4, -0.2) is 25.2 Å². The Hall–Kier alpha value is -2.30. The molecule has 0 heterocycles.